The molecule has 1 aliphatic heterocycles. The van der Waals surface area contributed by atoms with Gasteiger partial charge in [0.2, 0.25) is 5.65 Å². The van der Waals surface area contributed by atoms with Crippen molar-refractivity contribution in [2.24, 2.45) is 0 Å². The molecule has 90 valence electrons. The molecule has 6 nitrogen and oxygen atoms in total. The van der Waals surface area contributed by atoms with Gasteiger partial charge in [0, 0.05) is 25.0 Å². The standard InChI is InChI=1S/C11H16N6/c1-2-9(12-4-1)3-5-13-10-11-16-15-8-17(11)7-6-14-10/h6-9,12H,1-5H2,(H,13,14)/t9-/m0/s1. The highest BCUT2D eigenvalue weighted by Gasteiger charge is 2.13. The first-order valence-corrected chi connectivity index (χ1v) is 6.05. The number of nitrogens with one attached hydrogen (secondary N) is 2. The van der Waals surface area contributed by atoms with Crippen molar-refractivity contribution >= 4 is 11.5 Å². The Kier molecular flexibility index (Phi) is 2.87. The predicted octanol–water partition coefficient (Wildman–Crippen LogP) is 0.678. The van der Waals surface area contributed by atoms with E-state index >= 15 is 0 Å². The summed E-state index contributed by atoms with van der Waals surface area (Å²) in [6.07, 6.45) is 8.98. The second-order valence-corrected chi connectivity index (χ2v) is 4.35. The number of fused-ring (bicyclic) bond motifs is 1. The van der Waals surface area contributed by atoms with Gasteiger partial charge in [-0.2, -0.15) is 0 Å². The lowest BCUT2D eigenvalue weighted by molar-refractivity contribution is 0.574. The normalized spacial score (nSPS) is 19.9. The van der Waals surface area contributed by atoms with Gasteiger partial charge in [0.15, 0.2) is 5.82 Å². The number of nitrogens with zero attached hydrogens (tertiary/aromatic N) is 4. The summed E-state index contributed by atoms with van der Waals surface area (Å²) in [5.74, 6) is 0.808. The zero-order valence-corrected chi connectivity index (χ0v) is 9.63. The Morgan fingerprint density at radius 1 is 1.53 bits per heavy atom. The van der Waals surface area contributed by atoms with Gasteiger partial charge < -0.3 is 10.6 Å². The summed E-state index contributed by atoms with van der Waals surface area (Å²) in [6, 6.07) is 0.653. The molecule has 0 aromatic carbocycles. The molecule has 2 aromatic rings. The van der Waals surface area contributed by atoms with E-state index in [9.17, 15) is 0 Å². The van der Waals surface area contributed by atoms with Gasteiger partial charge in [0.1, 0.15) is 6.33 Å². The second kappa shape index (κ2) is 4.67. The molecule has 0 aliphatic carbocycles. The molecular weight excluding hydrogens is 216 g/mol. The van der Waals surface area contributed by atoms with Gasteiger partial charge in [-0.25, -0.2) is 4.98 Å². The summed E-state index contributed by atoms with van der Waals surface area (Å²) in [6.45, 7) is 2.07. The first-order valence-electron chi connectivity index (χ1n) is 6.05. The average molecular weight is 232 g/mol. The van der Waals surface area contributed by atoms with Crippen LogP contribution in [-0.4, -0.2) is 38.7 Å². The minimum atomic E-state index is 0.653. The largest absolute Gasteiger partial charge is 0.367 e. The summed E-state index contributed by atoms with van der Waals surface area (Å²) in [7, 11) is 0. The maximum Gasteiger partial charge on any atom is 0.203 e. The van der Waals surface area contributed by atoms with Gasteiger partial charge in [0.05, 0.1) is 0 Å². The van der Waals surface area contributed by atoms with E-state index in [-0.39, 0.29) is 0 Å². The smallest absolute Gasteiger partial charge is 0.203 e. The van der Waals surface area contributed by atoms with E-state index in [0.29, 0.717) is 6.04 Å². The molecule has 0 saturated carbocycles. The monoisotopic (exact) mass is 232 g/mol. The van der Waals surface area contributed by atoms with E-state index in [4.69, 9.17) is 0 Å². The number of hydrogen-bond acceptors (Lipinski definition) is 5. The molecule has 6 heteroatoms. The maximum atomic E-state index is 4.29. The Hall–Kier alpha value is -1.69. The highest BCUT2D eigenvalue weighted by atomic mass is 15.2. The number of anilines is 1. The van der Waals surface area contributed by atoms with Crippen LogP contribution in [0.3, 0.4) is 0 Å². The zero-order chi connectivity index (χ0) is 11.5. The van der Waals surface area contributed by atoms with Crippen LogP contribution >= 0.6 is 0 Å². The molecule has 1 aliphatic rings. The highest BCUT2D eigenvalue weighted by molar-refractivity contribution is 5.61. The van der Waals surface area contributed by atoms with Crippen molar-refractivity contribution < 1.29 is 0 Å². The van der Waals surface area contributed by atoms with Gasteiger partial charge in [0.25, 0.3) is 0 Å². The summed E-state index contributed by atoms with van der Waals surface area (Å²) in [5.41, 5.74) is 0.784. The molecular formula is C11H16N6. The Morgan fingerprint density at radius 3 is 3.41 bits per heavy atom. The van der Waals surface area contributed by atoms with Crippen LogP contribution in [-0.2, 0) is 0 Å². The van der Waals surface area contributed by atoms with Crippen LogP contribution < -0.4 is 10.6 Å². The topological polar surface area (TPSA) is 67.1 Å². The lowest BCUT2D eigenvalue weighted by Gasteiger charge is -2.11. The zero-order valence-electron chi connectivity index (χ0n) is 9.63. The summed E-state index contributed by atoms with van der Waals surface area (Å²) in [5, 5.41) is 14.7. The van der Waals surface area contributed by atoms with Crippen molar-refractivity contribution in [2.45, 2.75) is 25.3 Å². The van der Waals surface area contributed by atoms with Crippen LogP contribution in [0.5, 0.6) is 0 Å². The number of rotatable bonds is 4. The Balaban J connectivity index is 1.62. The fourth-order valence-electron chi connectivity index (χ4n) is 2.25. The number of hydrogen-bond donors (Lipinski definition) is 2. The van der Waals surface area contributed by atoms with E-state index in [0.717, 1.165) is 31.0 Å². The molecule has 0 unspecified atom stereocenters. The number of aromatic nitrogens is 4. The second-order valence-electron chi connectivity index (χ2n) is 4.35. The molecule has 0 radical (unpaired) electrons. The van der Waals surface area contributed by atoms with Crippen LogP contribution in [0.1, 0.15) is 19.3 Å². The highest BCUT2D eigenvalue weighted by Crippen LogP contribution is 2.12. The van der Waals surface area contributed by atoms with Gasteiger partial charge in [-0.05, 0) is 25.8 Å². The minimum Gasteiger partial charge on any atom is -0.367 e. The first kappa shape index (κ1) is 10.5. The van der Waals surface area contributed by atoms with Crippen molar-refractivity contribution in [1.29, 1.82) is 0 Å². The van der Waals surface area contributed by atoms with Crippen molar-refractivity contribution in [3.05, 3.63) is 18.7 Å². The van der Waals surface area contributed by atoms with E-state index in [1.165, 1.54) is 12.8 Å². The SMILES string of the molecule is c1cn2cnnc2c(NCC[C@@H]2CCCN2)n1. The molecule has 3 rings (SSSR count). The molecule has 0 amide bonds. The molecule has 2 aromatic heterocycles. The Morgan fingerprint density at radius 2 is 2.53 bits per heavy atom. The fraction of sp³-hybridized carbons (Fsp3) is 0.545. The van der Waals surface area contributed by atoms with E-state index in [1.54, 1.807) is 12.5 Å². The minimum absolute atomic E-state index is 0.653. The van der Waals surface area contributed by atoms with Gasteiger partial charge in [-0.15, -0.1) is 10.2 Å². The van der Waals surface area contributed by atoms with Crippen LogP contribution in [0.15, 0.2) is 18.7 Å². The van der Waals surface area contributed by atoms with Crippen LogP contribution in [0.25, 0.3) is 5.65 Å². The van der Waals surface area contributed by atoms with Crippen molar-refractivity contribution in [3.63, 3.8) is 0 Å². The lowest BCUT2D eigenvalue weighted by atomic mass is 10.1. The first-order chi connectivity index (χ1) is 8.43. The van der Waals surface area contributed by atoms with E-state index in [2.05, 4.69) is 25.8 Å². The molecule has 1 atom stereocenters. The molecule has 1 saturated heterocycles. The molecule has 1 fully saturated rings. The maximum absolute atomic E-state index is 4.29. The third-order valence-corrected chi connectivity index (χ3v) is 3.16. The van der Waals surface area contributed by atoms with E-state index < -0.39 is 0 Å². The van der Waals surface area contributed by atoms with Gasteiger partial charge in [-0.1, -0.05) is 0 Å². The third kappa shape index (κ3) is 2.21. The average Bonchev–Trinajstić information content (AvgIpc) is 2.99. The summed E-state index contributed by atoms with van der Waals surface area (Å²) >= 11 is 0. The molecule has 3 heterocycles. The molecule has 17 heavy (non-hydrogen) atoms. The predicted molar refractivity (Wildman–Crippen MR) is 64.9 cm³/mol. The van der Waals surface area contributed by atoms with Gasteiger partial charge in [-0.3, -0.25) is 4.40 Å². The van der Waals surface area contributed by atoms with Gasteiger partial charge >= 0.3 is 0 Å². The lowest BCUT2D eigenvalue weighted by Crippen LogP contribution is -2.24. The summed E-state index contributed by atoms with van der Waals surface area (Å²) in [4.78, 5) is 4.29. The van der Waals surface area contributed by atoms with E-state index in [1.807, 2.05) is 10.6 Å². The third-order valence-electron chi connectivity index (χ3n) is 3.16. The molecule has 2 N–H and O–H groups in total. The van der Waals surface area contributed by atoms with Crippen LogP contribution in [0.4, 0.5) is 5.82 Å². The Labute approximate surface area is 99.5 Å². The van der Waals surface area contributed by atoms with Crippen LogP contribution in [0.2, 0.25) is 0 Å². The van der Waals surface area contributed by atoms with Crippen molar-refractivity contribution in [3.8, 4) is 0 Å². The van der Waals surface area contributed by atoms with Crippen molar-refractivity contribution in [2.75, 3.05) is 18.4 Å². The van der Waals surface area contributed by atoms with Crippen molar-refractivity contribution in [1.82, 2.24) is 24.9 Å². The Bertz CT molecular complexity index is 487. The molecule has 0 spiro atoms. The van der Waals surface area contributed by atoms with Crippen LogP contribution in [0, 0.1) is 0 Å². The fourth-order valence-corrected chi connectivity index (χ4v) is 2.25. The molecule has 0 bridgehead atoms. The quantitative estimate of drug-likeness (QED) is 0.811. The summed E-state index contributed by atoms with van der Waals surface area (Å²) < 4.78 is 1.86.